The zero-order valence-electron chi connectivity index (χ0n) is 12.4. The number of nitro benzene ring substituents is 1. The van der Waals surface area contributed by atoms with Crippen LogP contribution >= 0.6 is 0 Å². The fourth-order valence-electron chi connectivity index (χ4n) is 1.65. The molecule has 0 aromatic heterocycles. The summed E-state index contributed by atoms with van der Waals surface area (Å²) in [5.41, 5.74) is 4.81. The molecule has 0 bridgehead atoms. The predicted molar refractivity (Wildman–Crippen MR) is 78.1 cm³/mol. The largest absolute Gasteiger partial charge is 0.494 e. The van der Waals surface area contributed by atoms with Gasteiger partial charge in [0.15, 0.2) is 5.75 Å². The quantitative estimate of drug-likeness (QED) is 0.678. The van der Waals surface area contributed by atoms with Crippen LogP contribution in [0, 0.1) is 10.1 Å². The highest BCUT2D eigenvalue weighted by molar-refractivity contribution is 5.63. The van der Waals surface area contributed by atoms with Crippen molar-refractivity contribution in [2.24, 2.45) is 0 Å². The lowest BCUT2D eigenvalue weighted by atomic mass is 10.2. The molecule has 0 saturated heterocycles. The standard InChI is InChI=1S/C11H14N4O3.C2H6/c1-8-7-14(12-13(8)2)10-5-4-9(15(16)17)6-11(10)18-3;1-2/h4-7,12H,1-3H3;1-2H3. The molecule has 0 fully saturated rings. The average molecular weight is 280 g/mol. The fourth-order valence-corrected chi connectivity index (χ4v) is 1.65. The Morgan fingerprint density at radius 2 is 2.00 bits per heavy atom. The van der Waals surface area contributed by atoms with E-state index >= 15 is 0 Å². The van der Waals surface area contributed by atoms with Crippen LogP contribution in [-0.4, -0.2) is 24.1 Å². The van der Waals surface area contributed by atoms with E-state index in [0.717, 1.165) is 5.70 Å². The van der Waals surface area contributed by atoms with Gasteiger partial charge in [-0.3, -0.25) is 20.1 Å². The maximum atomic E-state index is 10.7. The lowest BCUT2D eigenvalue weighted by molar-refractivity contribution is -0.384. The number of hydrogen-bond acceptors (Lipinski definition) is 6. The number of benzene rings is 1. The minimum absolute atomic E-state index is 0.00357. The topological polar surface area (TPSA) is 70.9 Å². The van der Waals surface area contributed by atoms with Gasteiger partial charge >= 0.3 is 0 Å². The summed E-state index contributed by atoms with van der Waals surface area (Å²) in [4.78, 5) is 10.3. The molecule has 7 heteroatoms. The van der Waals surface area contributed by atoms with E-state index in [1.165, 1.54) is 19.2 Å². The molecule has 0 unspecified atom stereocenters. The van der Waals surface area contributed by atoms with Crippen molar-refractivity contribution in [3.63, 3.8) is 0 Å². The van der Waals surface area contributed by atoms with Crippen LogP contribution in [0.4, 0.5) is 11.4 Å². The number of hydrogen-bond donors (Lipinski definition) is 1. The number of rotatable bonds is 3. The van der Waals surface area contributed by atoms with Crippen molar-refractivity contribution in [3.05, 3.63) is 40.2 Å². The summed E-state index contributed by atoms with van der Waals surface area (Å²) in [7, 11) is 3.36. The molecule has 1 aliphatic rings. The first kappa shape index (κ1) is 15.8. The number of ether oxygens (including phenoxy) is 1. The summed E-state index contributed by atoms with van der Waals surface area (Å²) in [6.07, 6.45) is 1.88. The highest BCUT2D eigenvalue weighted by Crippen LogP contribution is 2.33. The van der Waals surface area contributed by atoms with Crippen LogP contribution in [0.2, 0.25) is 0 Å². The van der Waals surface area contributed by atoms with Crippen LogP contribution in [0.1, 0.15) is 20.8 Å². The normalized spacial score (nSPS) is 13.6. The van der Waals surface area contributed by atoms with Crippen molar-refractivity contribution in [2.45, 2.75) is 20.8 Å². The lowest BCUT2D eigenvalue weighted by Gasteiger charge is -2.21. The molecule has 1 N–H and O–H groups in total. The number of allylic oxidation sites excluding steroid dienone is 1. The van der Waals surface area contributed by atoms with Gasteiger partial charge < -0.3 is 4.74 Å². The molecule has 0 radical (unpaired) electrons. The third-order valence-corrected chi connectivity index (χ3v) is 2.74. The van der Waals surface area contributed by atoms with Crippen LogP contribution in [0.15, 0.2) is 30.1 Å². The predicted octanol–water partition coefficient (Wildman–Crippen LogP) is 2.66. The monoisotopic (exact) mass is 280 g/mol. The summed E-state index contributed by atoms with van der Waals surface area (Å²) in [6.45, 7) is 5.95. The molecule has 1 aromatic rings. The average Bonchev–Trinajstić information content (AvgIpc) is 2.80. The van der Waals surface area contributed by atoms with Gasteiger partial charge in [0, 0.05) is 25.0 Å². The maximum absolute atomic E-state index is 10.7. The van der Waals surface area contributed by atoms with Crippen molar-refractivity contribution in [3.8, 4) is 5.75 Å². The molecular weight excluding hydrogens is 260 g/mol. The minimum atomic E-state index is -0.447. The van der Waals surface area contributed by atoms with Gasteiger partial charge in [-0.2, -0.15) is 0 Å². The summed E-state index contributed by atoms with van der Waals surface area (Å²) < 4.78 is 5.19. The van der Waals surface area contributed by atoms with Gasteiger partial charge in [0.05, 0.1) is 18.1 Å². The smallest absolute Gasteiger partial charge is 0.273 e. The molecule has 0 saturated carbocycles. The molecule has 20 heavy (non-hydrogen) atoms. The van der Waals surface area contributed by atoms with E-state index in [1.54, 1.807) is 11.1 Å². The number of hydrazine groups is 2. The van der Waals surface area contributed by atoms with Crippen LogP contribution in [-0.2, 0) is 0 Å². The number of nitrogens with zero attached hydrogens (tertiary/aromatic N) is 3. The third kappa shape index (κ3) is 3.18. The number of nitrogens with one attached hydrogen (secondary N) is 1. The van der Waals surface area contributed by atoms with Crippen molar-refractivity contribution in [1.82, 2.24) is 10.5 Å². The number of anilines is 1. The Hall–Kier alpha value is -2.28. The van der Waals surface area contributed by atoms with E-state index in [4.69, 9.17) is 4.74 Å². The molecule has 1 aromatic carbocycles. The van der Waals surface area contributed by atoms with Crippen LogP contribution in [0.3, 0.4) is 0 Å². The lowest BCUT2D eigenvalue weighted by Crippen LogP contribution is -2.37. The minimum Gasteiger partial charge on any atom is -0.494 e. The Kier molecular flexibility index (Phi) is 5.33. The molecule has 0 atom stereocenters. The Bertz CT molecular complexity index is 516. The van der Waals surface area contributed by atoms with E-state index in [2.05, 4.69) is 5.53 Å². The van der Waals surface area contributed by atoms with Crippen molar-refractivity contribution >= 4 is 11.4 Å². The van der Waals surface area contributed by atoms with E-state index in [0.29, 0.717) is 11.4 Å². The molecule has 1 heterocycles. The van der Waals surface area contributed by atoms with E-state index in [1.807, 2.05) is 39.0 Å². The Labute approximate surface area is 118 Å². The zero-order chi connectivity index (χ0) is 15.3. The number of methoxy groups -OCH3 is 1. The molecular formula is C13H20N4O3. The molecule has 7 nitrogen and oxygen atoms in total. The first-order valence-corrected chi connectivity index (χ1v) is 6.33. The zero-order valence-corrected chi connectivity index (χ0v) is 12.4. The fraction of sp³-hybridized carbons (Fsp3) is 0.385. The van der Waals surface area contributed by atoms with E-state index < -0.39 is 4.92 Å². The third-order valence-electron chi connectivity index (χ3n) is 2.74. The second kappa shape index (κ2) is 6.76. The van der Waals surface area contributed by atoms with E-state index in [9.17, 15) is 10.1 Å². The molecule has 2 rings (SSSR count). The Morgan fingerprint density at radius 3 is 2.45 bits per heavy atom. The highest BCUT2D eigenvalue weighted by Gasteiger charge is 2.20. The first-order chi connectivity index (χ1) is 9.52. The summed E-state index contributed by atoms with van der Waals surface area (Å²) in [6, 6.07) is 4.49. The highest BCUT2D eigenvalue weighted by atomic mass is 16.6. The molecule has 1 aliphatic heterocycles. The number of nitro groups is 1. The van der Waals surface area contributed by atoms with Crippen LogP contribution in [0.5, 0.6) is 5.75 Å². The maximum Gasteiger partial charge on any atom is 0.273 e. The summed E-state index contributed by atoms with van der Waals surface area (Å²) in [5.74, 6) is 0.441. The van der Waals surface area contributed by atoms with Crippen LogP contribution < -0.4 is 15.3 Å². The molecule has 0 aliphatic carbocycles. The second-order valence-corrected chi connectivity index (χ2v) is 3.91. The van der Waals surface area contributed by atoms with Gasteiger partial charge in [-0.05, 0) is 13.0 Å². The number of non-ortho nitro benzene ring substituents is 1. The first-order valence-electron chi connectivity index (χ1n) is 6.33. The summed E-state index contributed by atoms with van der Waals surface area (Å²) >= 11 is 0. The SMILES string of the molecule is CC.COc1cc([N+](=O)[O-])ccc1N1C=C(C)N(C)N1. The van der Waals surface area contributed by atoms with Gasteiger partial charge in [0.1, 0.15) is 5.69 Å². The van der Waals surface area contributed by atoms with Crippen molar-refractivity contribution in [2.75, 3.05) is 19.2 Å². The van der Waals surface area contributed by atoms with Crippen molar-refractivity contribution in [1.29, 1.82) is 0 Å². The van der Waals surface area contributed by atoms with Crippen LogP contribution in [0.25, 0.3) is 0 Å². The van der Waals surface area contributed by atoms with Crippen molar-refractivity contribution < 1.29 is 9.66 Å². The van der Waals surface area contributed by atoms with Gasteiger partial charge in [-0.15, -0.1) is 5.53 Å². The summed E-state index contributed by atoms with van der Waals surface area (Å²) in [5, 5.41) is 14.3. The van der Waals surface area contributed by atoms with Gasteiger partial charge in [0.2, 0.25) is 0 Å². The Morgan fingerprint density at radius 1 is 1.35 bits per heavy atom. The van der Waals surface area contributed by atoms with Gasteiger partial charge in [-0.25, -0.2) is 0 Å². The molecule has 110 valence electrons. The second-order valence-electron chi connectivity index (χ2n) is 3.91. The van der Waals surface area contributed by atoms with Gasteiger partial charge in [-0.1, -0.05) is 13.8 Å². The molecule has 0 amide bonds. The molecule has 0 spiro atoms. The van der Waals surface area contributed by atoms with E-state index in [-0.39, 0.29) is 5.69 Å². The van der Waals surface area contributed by atoms with Gasteiger partial charge in [0.25, 0.3) is 5.69 Å². The Balaban J connectivity index is 0.000000956.